The molecule has 112 valence electrons. The standard InChI is InChI=1S/C16H21BO4/c1-15(2)16(3,4)21-17(20-15)13-8-5-11(10-18)9-14(13)19-12-6-7-12/h5,8-10,12H,6-7H2,1-4H3. The van der Waals surface area contributed by atoms with Gasteiger partial charge in [-0.05, 0) is 46.6 Å². The first-order valence-corrected chi connectivity index (χ1v) is 7.44. The van der Waals surface area contributed by atoms with Gasteiger partial charge in [-0.25, -0.2) is 0 Å². The maximum absolute atomic E-state index is 11.0. The van der Waals surface area contributed by atoms with Crippen LogP contribution in [-0.2, 0) is 9.31 Å². The zero-order valence-electron chi connectivity index (χ0n) is 13.0. The fourth-order valence-corrected chi connectivity index (χ4v) is 2.26. The van der Waals surface area contributed by atoms with Gasteiger partial charge in [-0.1, -0.05) is 12.1 Å². The van der Waals surface area contributed by atoms with Crippen LogP contribution in [0.1, 0.15) is 50.9 Å². The summed E-state index contributed by atoms with van der Waals surface area (Å²) in [6.45, 7) is 8.09. The maximum Gasteiger partial charge on any atom is 0.498 e. The first-order valence-electron chi connectivity index (χ1n) is 7.44. The zero-order valence-corrected chi connectivity index (χ0v) is 13.0. The van der Waals surface area contributed by atoms with Crippen molar-refractivity contribution in [2.24, 2.45) is 0 Å². The number of hydrogen-bond donors (Lipinski definition) is 0. The Balaban J connectivity index is 1.92. The second-order valence-corrected chi connectivity index (χ2v) is 6.82. The van der Waals surface area contributed by atoms with E-state index in [1.54, 1.807) is 12.1 Å². The second-order valence-electron chi connectivity index (χ2n) is 6.82. The van der Waals surface area contributed by atoms with Crippen LogP contribution in [0.5, 0.6) is 5.75 Å². The van der Waals surface area contributed by atoms with Gasteiger partial charge in [0.2, 0.25) is 0 Å². The van der Waals surface area contributed by atoms with Crippen LogP contribution < -0.4 is 10.2 Å². The first kappa shape index (κ1) is 14.6. The summed E-state index contributed by atoms with van der Waals surface area (Å²) in [5.74, 6) is 0.695. The molecular formula is C16H21BO4. The number of rotatable bonds is 4. The van der Waals surface area contributed by atoms with Crippen molar-refractivity contribution in [3.63, 3.8) is 0 Å². The highest BCUT2D eigenvalue weighted by molar-refractivity contribution is 6.63. The maximum atomic E-state index is 11.0. The summed E-state index contributed by atoms with van der Waals surface area (Å²) in [5, 5.41) is 0. The summed E-state index contributed by atoms with van der Waals surface area (Å²) in [6, 6.07) is 5.41. The lowest BCUT2D eigenvalue weighted by molar-refractivity contribution is 0.00578. The molecule has 5 heteroatoms. The minimum Gasteiger partial charge on any atom is -0.491 e. The van der Waals surface area contributed by atoms with Crippen molar-refractivity contribution in [1.82, 2.24) is 0 Å². The van der Waals surface area contributed by atoms with Gasteiger partial charge in [-0.2, -0.15) is 0 Å². The van der Waals surface area contributed by atoms with E-state index in [0.29, 0.717) is 11.3 Å². The molecule has 1 aliphatic heterocycles. The summed E-state index contributed by atoms with van der Waals surface area (Å²) in [7, 11) is -0.468. The molecule has 0 unspecified atom stereocenters. The molecule has 0 amide bonds. The molecule has 0 N–H and O–H groups in total. The van der Waals surface area contributed by atoms with Crippen LogP contribution in [0.25, 0.3) is 0 Å². The van der Waals surface area contributed by atoms with Crippen molar-refractivity contribution in [2.75, 3.05) is 0 Å². The van der Waals surface area contributed by atoms with E-state index in [1.807, 2.05) is 33.8 Å². The molecule has 21 heavy (non-hydrogen) atoms. The largest absolute Gasteiger partial charge is 0.498 e. The van der Waals surface area contributed by atoms with Crippen LogP contribution in [0.2, 0.25) is 0 Å². The number of carbonyl (C=O) groups is 1. The van der Waals surface area contributed by atoms with Gasteiger partial charge < -0.3 is 14.0 Å². The molecule has 1 aliphatic carbocycles. The Bertz CT molecular complexity index is 547. The van der Waals surface area contributed by atoms with Gasteiger partial charge in [0, 0.05) is 11.0 Å². The van der Waals surface area contributed by atoms with E-state index in [-0.39, 0.29) is 6.10 Å². The Hall–Kier alpha value is -1.33. The summed E-state index contributed by atoms with van der Waals surface area (Å²) < 4.78 is 18.1. The van der Waals surface area contributed by atoms with Gasteiger partial charge in [-0.3, -0.25) is 4.79 Å². The lowest BCUT2D eigenvalue weighted by atomic mass is 9.78. The summed E-state index contributed by atoms with van der Waals surface area (Å²) in [5.41, 5.74) is 0.674. The Kier molecular flexibility index (Phi) is 3.37. The van der Waals surface area contributed by atoms with Gasteiger partial charge in [0.25, 0.3) is 0 Å². The molecule has 0 spiro atoms. The van der Waals surface area contributed by atoms with Crippen LogP contribution in [-0.4, -0.2) is 30.7 Å². The molecule has 2 aliphatic rings. The fourth-order valence-electron chi connectivity index (χ4n) is 2.26. The molecule has 0 atom stereocenters. The smallest absolute Gasteiger partial charge is 0.491 e. The number of aldehydes is 1. The van der Waals surface area contributed by atoms with E-state index in [4.69, 9.17) is 14.0 Å². The molecule has 2 fully saturated rings. The fraction of sp³-hybridized carbons (Fsp3) is 0.562. The van der Waals surface area contributed by atoms with Gasteiger partial charge >= 0.3 is 7.12 Å². The number of hydrogen-bond acceptors (Lipinski definition) is 4. The first-order chi connectivity index (χ1) is 9.82. The summed E-state index contributed by atoms with van der Waals surface area (Å²) >= 11 is 0. The highest BCUT2D eigenvalue weighted by atomic mass is 16.7. The molecule has 1 heterocycles. The minimum absolute atomic E-state index is 0.257. The van der Waals surface area contributed by atoms with Crippen molar-refractivity contribution >= 4 is 18.9 Å². The predicted octanol–water partition coefficient (Wildman–Crippen LogP) is 2.34. The third-order valence-corrected chi connectivity index (χ3v) is 4.50. The third-order valence-electron chi connectivity index (χ3n) is 4.50. The highest BCUT2D eigenvalue weighted by Crippen LogP contribution is 2.37. The zero-order chi connectivity index (χ0) is 15.3. The van der Waals surface area contributed by atoms with E-state index < -0.39 is 18.3 Å². The van der Waals surface area contributed by atoms with Crippen LogP contribution in [0.15, 0.2) is 18.2 Å². The van der Waals surface area contributed by atoms with Crippen LogP contribution in [0, 0.1) is 0 Å². The molecule has 4 nitrogen and oxygen atoms in total. The van der Waals surface area contributed by atoms with E-state index >= 15 is 0 Å². The van der Waals surface area contributed by atoms with Gasteiger partial charge in [-0.15, -0.1) is 0 Å². The molecule has 0 radical (unpaired) electrons. The number of ether oxygens (including phenoxy) is 1. The SMILES string of the molecule is CC1(C)OB(c2ccc(C=O)cc2OC2CC2)OC1(C)C. The van der Waals surface area contributed by atoms with Crippen LogP contribution in [0.3, 0.4) is 0 Å². The topological polar surface area (TPSA) is 44.8 Å². The second kappa shape index (κ2) is 4.85. The molecule has 3 rings (SSSR count). The highest BCUT2D eigenvalue weighted by Gasteiger charge is 2.52. The lowest BCUT2D eigenvalue weighted by Gasteiger charge is -2.32. The van der Waals surface area contributed by atoms with Crippen molar-refractivity contribution in [2.45, 2.75) is 57.8 Å². The number of carbonyl (C=O) groups excluding carboxylic acids is 1. The van der Waals surface area contributed by atoms with Crippen molar-refractivity contribution in [3.05, 3.63) is 23.8 Å². The Morgan fingerprint density at radius 2 is 1.81 bits per heavy atom. The van der Waals surface area contributed by atoms with E-state index in [0.717, 1.165) is 24.6 Å². The molecule has 1 saturated carbocycles. The molecular weight excluding hydrogens is 267 g/mol. The van der Waals surface area contributed by atoms with E-state index in [2.05, 4.69) is 0 Å². The van der Waals surface area contributed by atoms with Gasteiger partial charge in [0.1, 0.15) is 12.0 Å². The molecule has 0 bridgehead atoms. The van der Waals surface area contributed by atoms with Crippen LogP contribution in [0.4, 0.5) is 0 Å². The quantitative estimate of drug-likeness (QED) is 0.630. The Morgan fingerprint density at radius 3 is 2.33 bits per heavy atom. The molecule has 1 saturated heterocycles. The predicted molar refractivity (Wildman–Crippen MR) is 81.2 cm³/mol. The third kappa shape index (κ3) is 2.72. The Labute approximate surface area is 125 Å². The summed E-state index contributed by atoms with van der Waals surface area (Å²) in [4.78, 5) is 11.0. The number of benzene rings is 1. The van der Waals surface area contributed by atoms with Crippen LogP contribution >= 0.6 is 0 Å². The van der Waals surface area contributed by atoms with Gasteiger partial charge in [0.05, 0.1) is 17.3 Å². The van der Waals surface area contributed by atoms with E-state index in [9.17, 15) is 4.79 Å². The molecule has 1 aromatic rings. The molecule has 0 aromatic heterocycles. The van der Waals surface area contributed by atoms with E-state index in [1.165, 1.54) is 0 Å². The van der Waals surface area contributed by atoms with Crippen molar-refractivity contribution in [1.29, 1.82) is 0 Å². The van der Waals surface area contributed by atoms with Gasteiger partial charge in [0.15, 0.2) is 0 Å². The lowest BCUT2D eigenvalue weighted by Crippen LogP contribution is -2.41. The average molecular weight is 288 g/mol. The van der Waals surface area contributed by atoms with Crippen molar-refractivity contribution in [3.8, 4) is 5.75 Å². The van der Waals surface area contributed by atoms with Crippen molar-refractivity contribution < 1.29 is 18.8 Å². The summed E-state index contributed by atoms with van der Waals surface area (Å²) in [6.07, 6.45) is 3.21. The minimum atomic E-state index is -0.468. The monoisotopic (exact) mass is 288 g/mol. The Morgan fingerprint density at radius 1 is 1.19 bits per heavy atom. The molecule has 1 aromatic carbocycles. The average Bonchev–Trinajstić information content (AvgIpc) is 3.17. The normalized spacial score (nSPS) is 23.1.